The smallest absolute Gasteiger partial charge is 0.255 e. The average Bonchev–Trinajstić information content (AvgIpc) is 3.15. The number of nitrogens with zero attached hydrogens (tertiary/aromatic N) is 2. The maximum Gasteiger partial charge on any atom is 0.255 e. The van der Waals surface area contributed by atoms with Crippen LogP contribution in [0.5, 0.6) is 5.75 Å². The van der Waals surface area contributed by atoms with Gasteiger partial charge in [0.25, 0.3) is 5.91 Å². The van der Waals surface area contributed by atoms with Gasteiger partial charge in [0.2, 0.25) is 5.91 Å². The first-order valence-corrected chi connectivity index (χ1v) is 12.6. The van der Waals surface area contributed by atoms with Crippen LogP contribution in [0.1, 0.15) is 72.3 Å². The van der Waals surface area contributed by atoms with Gasteiger partial charge in [-0.3, -0.25) is 9.59 Å². The van der Waals surface area contributed by atoms with Crippen molar-refractivity contribution in [3.63, 3.8) is 0 Å². The molecule has 2 aromatic rings. The Balaban J connectivity index is 1.45. The fraction of sp³-hybridized carbons (Fsp3) is 0.577. The predicted octanol–water partition coefficient (Wildman–Crippen LogP) is 4.87. The Hall–Kier alpha value is -2.54. The SMILES string of the molecule is Cc1noc(C)c1CCC(=O)N1CCCC2(CCCCCOc3ccc(Cl)cc3C(=O)NC2)C1. The fourth-order valence-electron chi connectivity index (χ4n) is 5.24. The molecule has 1 unspecified atom stereocenters. The van der Waals surface area contributed by atoms with Crippen LogP contribution in [0.3, 0.4) is 0 Å². The number of nitrogens with one attached hydrogen (secondary N) is 1. The molecule has 2 amide bonds. The van der Waals surface area contributed by atoms with Crippen LogP contribution in [0.15, 0.2) is 22.7 Å². The number of aromatic nitrogens is 1. The van der Waals surface area contributed by atoms with E-state index in [2.05, 4.69) is 10.5 Å². The Morgan fingerprint density at radius 1 is 1.21 bits per heavy atom. The average molecular weight is 488 g/mol. The number of benzene rings is 1. The van der Waals surface area contributed by atoms with Crippen LogP contribution in [0.4, 0.5) is 0 Å². The van der Waals surface area contributed by atoms with Gasteiger partial charge in [0, 0.05) is 42.1 Å². The van der Waals surface area contributed by atoms with Gasteiger partial charge in [-0.15, -0.1) is 0 Å². The van der Waals surface area contributed by atoms with Gasteiger partial charge in [-0.2, -0.15) is 0 Å². The minimum absolute atomic E-state index is 0.120. The lowest BCUT2D eigenvalue weighted by atomic mass is 9.75. The number of aryl methyl sites for hydroxylation is 2. The summed E-state index contributed by atoms with van der Waals surface area (Å²) in [5.41, 5.74) is 2.22. The number of hydrogen-bond donors (Lipinski definition) is 1. The van der Waals surface area contributed by atoms with Crippen LogP contribution >= 0.6 is 11.6 Å². The first kappa shape index (κ1) is 24.6. The van der Waals surface area contributed by atoms with Gasteiger partial charge in [0.1, 0.15) is 11.5 Å². The summed E-state index contributed by atoms with van der Waals surface area (Å²) >= 11 is 6.16. The molecule has 1 aromatic heterocycles. The fourth-order valence-corrected chi connectivity index (χ4v) is 5.41. The van der Waals surface area contributed by atoms with E-state index in [1.165, 1.54) is 0 Å². The number of amides is 2. The third kappa shape index (κ3) is 5.74. The molecule has 0 aliphatic carbocycles. The Labute approximate surface area is 206 Å². The van der Waals surface area contributed by atoms with Crippen molar-refractivity contribution in [1.29, 1.82) is 0 Å². The molecule has 1 fully saturated rings. The number of carbonyl (C=O) groups is 2. The highest BCUT2D eigenvalue weighted by molar-refractivity contribution is 6.31. The van der Waals surface area contributed by atoms with Crippen LogP contribution in [-0.2, 0) is 11.2 Å². The highest BCUT2D eigenvalue weighted by Crippen LogP contribution is 2.36. The molecule has 184 valence electrons. The van der Waals surface area contributed by atoms with E-state index in [1.807, 2.05) is 18.7 Å². The molecule has 1 saturated heterocycles. The molecule has 0 bridgehead atoms. The number of hydrogen-bond acceptors (Lipinski definition) is 5. The second-order valence-electron chi connectivity index (χ2n) is 9.70. The number of likely N-dealkylation sites (tertiary alicyclic amines) is 1. The molecule has 8 heteroatoms. The largest absolute Gasteiger partial charge is 0.493 e. The maximum atomic E-state index is 13.1. The summed E-state index contributed by atoms with van der Waals surface area (Å²) in [5, 5.41) is 7.64. The van der Waals surface area contributed by atoms with Crippen molar-refractivity contribution in [3.05, 3.63) is 45.8 Å². The van der Waals surface area contributed by atoms with Crippen LogP contribution < -0.4 is 10.1 Å². The van der Waals surface area contributed by atoms with Gasteiger partial charge in [0.15, 0.2) is 0 Å². The molecule has 34 heavy (non-hydrogen) atoms. The first-order valence-electron chi connectivity index (χ1n) is 12.3. The molecule has 7 nitrogen and oxygen atoms in total. The standard InChI is InChI=1S/C26H34ClN3O4/c1-18-21(19(2)34-29-18)8-10-24(31)30-13-6-12-26(17-30)11-4-3-5-14-33-23-9-7-20(27)15-22(23)25(32)28-16-26/h7,9,15H,3-6,8,10-14,16-17H2,1-2H3,(H,28,32). The van der Waals surface area contributed by atoms with Crippen LogP contribution in [-0.4, -0.2) is 48.1 Å². The summed E-state index contributed by atoms with van der Waals surface area (Å²) in [6.45, 7) is 6.34. The number of rotatable bonds is 3. The van der Waals surface area contributed by atoms with Crippen molar-refractivity contribution in [3.8, 4) is 5.75 Å². The lowest BCUT2D eigenvalue weighted by Gasteiger charge is -2.43. The number of ether oxygens (including phenoxy) is 1. The number of halogens is 1. The minimum atomic E-state index is -0.181. The van der Waals surface area contributed by atoms with Crippen LogP contribution in [0.25, 0.3) is 0 Å². The van der Waals surface area contributed by atoms with Gasteiger partial charge in [-0.1, -0.05) is 29.6 Å². The molecule has 3 heterocycles. The van der Waals surface area contributed by atoms with Crippen molar-refractivity contribution in [2.75, 3.05) is 26.2 Å². The Morgan fingerprint density at radius 2 is 2.03 bits per heavy atom. The molecule has 1 N–H and O–H groups in total. The van der Waals surface area contributed by atoms with Crippen molar-refractivity contribution in [1.82, 2.24) is 15.4 Å². The maximum absolute atomic E-state index is 13.1. The molecule has 0 radical (unpaired) electrons. The number of fused-ring (bicyclic) bond motifs is 1. The molecule has 1 aromatic carbocycles. The van der Waals surface area contributed by atoms with Gasteiger partial charge in [-0.25, -0.2) is 0 Å². The summed E-state index contributed by atoms with van der Waals surface area (Å²) in [7, 11) is 0. The van der Waals surface area contributed by atoms with Crippen molar-refractivity contribution in [2.24, 2.45) is 5.41 Å². The highest BCUT2D eigenvalue weighted by Gasteiger charge is 2.37. The monoisotopic (exact) mass is 487 g/mol. The first-order chi connectivity index (χ1) is 16.4. The van der Waals surface area contributed by atoms with Gasteiger partial charge in [0.05, 0.1) is 17.9 Å². The van der Waals surface area contributed by atoms with Crippen LogP contribution in [0, 0.1) is 19.3 Å². The van der Waals surface area contributed by atoms with E-state index in [9.17, 15) is 9.59 Å². The quantitative estimate of drug-likeness (QED) is 0.667. The van der Waals surface area contributed by atoms with Gasteiger partial charge < -0.3 is 19.5 Å². The van der Waals surface area contributed by atoms with E-state index in [4.69, 9.17) is 20.9 Å². The summed E-state index contributed by atoms with van der Waals surface area (Å²) in [5.74, 6) is 1.32. The zero-order valence-corrected chi connectivity index (χ0v) is 20.9. The third-order valence-corrected chi connectivity index (χ3v) is 7.44. The highest BCUT2D eigenvalue weighted by atomic mass is 35.5. The lowest BCUT2D eigenvalue weighted by Crippen LogP contribution is -2.51. The predicted molar refractivity (Wildman–Crippen MR) is 130 cm³/mol. The van der Waals surface area contributed by atoms with E-state index < -0.39 is 0 Å². The van der Waals surface area contributed by atoms with Crippen LogP contribution in [0.2, 0.25) is 5.02 Å². The molecule has 1 atom stereocenters. The van der Waals surface area contributed by atoms with Crippen molar-refractivity contribution < 1.29 is 18.8 Å². The Kier molecular flexibility index (Phi) is 7.81. The zero-order chi connectivity index (χ0) is 24.1. The van der Waals surface area contributed by atoms with E-state index in [1.54, 1.807) is 18.2 Å². The van der Waals surface area contributed by atoms with Gasteiger partial charge in [-0.05, 0) is 64.2 Å². The summed E-state index contributed by atoms with van der Waals surface area (Å²) in [4.78, 5) is 28.2. The second-order valence-corrected chi connectivity index (χ2v) is 10.1. The van der Waals surface area contributed by atoms with Crippen molar-refractivity contribution in [2.45, 2.75) is 65.2 Å². The van der Waals surface area contributed by atoms with E-state index >= 15 is 0 Å². The van der Waals surface area contributed by atoms with E-state index in [0.29, 0.717) is 48.9 Å². The molecular formula is C26H34ClN3O4. The normalized spacial score (nSPS) is 21.7. The minimum Gasteiger partial charge on any atom is -0.493 e. The Morgan fingerprint density at radius 3 is 2.82 bits per heavy atom. The summed E-state index contributed by atoms with van der Waals surface area (Å²) < 4.78 is 11.1. The molecule has 4 rings (SSSR count). The third-order valence-electron chi connectivity index (χ3n) is 7.20. The van der Waals surface area contributed by atoms with E-state index in [0.717, 1.165) is 62.1 Å². The van der Waals surface area contributed by atoms with Gasteiger partial charge >= 0.3 is 0 Å². The lowest BCUT2D eigenvalue weighted by molar-refractivity contribution is -0.134. The zero-order valence-electron chi connectivity index (χ0n) is 20.1. The molecule has 2 aliphatic rings. The number of piperidine rings is 1. The summed E-state index contributed by atoms with van der Waals surface area (Å²) in [6, 6.07) is 5.17. The topological polar surface area (TPSA) is 84.7 Å². The molecule has 0 saturated carbocycles. The number of carbonyl (C=O) groups excluding carboxylic acids is 2. The second kappa shape index (κ2) is 10.8. The molecule has 1 spiro atoms. The van der Waals surface area contributed by atoms with Crippen molar-refractivity contribution >= 4 is 23.4 Å². The van der Waals surface area contributed by atoms with E-state index in [-0.39, 0.29) is 17.2 Å². The Bertz CT molecular complexity index is 1020. The molecule has 2 aliphatic heterocycles. The summed E-state index contributed by atoms with van der Waals surface area (Å²) in [6.07, 6.45) is 7.03. The molecular weight excluding hydrogens is 454 g/mol.